The molecule has 25 heavy (non-hydrogen) atoms. The summed E-state index contributed by atoms with van der Waals surface area (Å²) in [6.45, 7) is 0.915. The Balaban J connectivity index is 1.63. The van der Waals surface area contributed by atoms with E-state index in [9.17, 15) is 0 Å². The molecular weight excluding hydrogens is 324 g/mol. The monoisotopic (exact) mass is 342 g/mol. The zero-order valence-electron chi connectivity index (χ0n) is 13.8. The highest BCUT2D eigenvalue weighted by Gasteiger charge is 2.22. The molecule has 2 heterocycles. The van der Waals surface area contributed by atoms with Gasteiger partial charge in [0.1, 0.15) is 0 Å². The summed E-state index contributed by atoms with van der Waals surface area (Å²) in [5.41, 5.74) is 6.40. The summed E-state index contributed by atoms with van der Waals surface area (Å²) in [5, 5.41) is 1.32. The zero-order chi connectivity index (χ0) is 16.6. The lowest BCUT2D eigenvalue weighted by molar-refractivity contribution is 0.915. The molecular formula is C22H18N2S. The van der Waals surface area contributed by atoms with Crippen LogP contribution in [0.3, 0.4) is 0 Å². The second kappa shape index (κ2) is 6.01. The maximum Gasteiger partial charge on any atom is 0.0690 e. The Morgan fingerprint density at radius 3 is 2.52 bits per heavy atom. The lowest BCUT2D eigenvalue weighted by Crippen LogP contribution is -2.18. The van der Waals surface area contributed by atoms with Crippen molar-refractivity contribution in [2.75, 3.05) is 10.8 Å². The molecule has 2 nitrogen and oxygen atoms in total. The van der Waals surface area contributed by atoms with Gasteiger partial charge in [0.15, 0.2) is 0 Å². The highest BCUT2D eigenvalue weighted by atomic mass is 32.2. The normalized spacial score (nSPS) is 13.4. The summed E-state index contributed by atoms with van der Waals surface area (Å²) in [5.74, 6) is 1.01. The first-order valence-corrected chi connectivity index (χ1v) is 9.50. The minimum atomic E-state index is 0.915. The molecule has 4 aromatic rings. The molecule has 0 spiro atoms. The molecule has 1 N–H and O–H groups in total. The van der Waals surface area contributed by atoms with E-state index in [1.807, 2.05) is 11.8 Å². The van der Waals surface area contributed by atoms with Gasteiger partial charge in [-0.1, -0.05) is 60.7 Å². The SMILES string of the molecule is c1ccc(-c2[nH]c3ccccc3c2CN2CSc3ccccc32)cc1. The number of hydrogen-bond acceptors (Lipinski definition) is 2. The van der Waals surface area contributed by atoms with Crippen LogP contribution in [0.15, 0.2) is 83.8 Å². The second-order valence-electron chi connectivity index (χ2n) is 6.33. The molecule has 0 atom stereocenters. The smallest absolute Gasteiger partial charge is 0.0690 e. The Morgan fingerprint density at radius 1 is 0.840 bits per heavy atom. The number of fused-ring (bicyclic) bond motifs is 2. The third-order valence-electron chi connectivity index (χ3n) is 4.81. The van der Waals surface area contributed by atoms with Crippen molar-refractivity contribution in [1.82, 2.24) is 4.98 Å². The van der Waals surface area contributed by atoms with E-state index in [1.54, 1.807) is 0 Å². The number of para-hydroxylation sites is 2. The van der Waals surface area contributed by atoms with E-state index < -0.39 is 0 Å². The summed E-state index contributed by atoms with van der Waals surface area (Å²) < 4.78 is 0. The van der Waals surface area contributed by atoms with E-state index in [2.05, 4.69) is 88.7 Å². The summed E-state index contributed by atoms with van der Waals surface area (Å²) >= 11 is 1.92. The quantitative estimate of drug-likeness (QED) is 0.499. The highest BCUT2D eigenvalue weighted by molar-refractivity contribution is 7.99. The molecule has 1 aliphatic heterocycles. The first-order valence-electron chi connectivity index (χ1n) is 8.52. The molecule has 5 rings (SSSR count). The van der Waals surface area contributed by atoms with Gasteiger partial charge in [-0.05, 0) is 23.8 Å². The minimum absolute atomic E-state index is 0.915. The van der Waals surface area contributed by atoms with Crippen LogP contribution >= 0.6 is 11.8 Å². The van der Waals surface area contributed by atoms with E-state index in [4.69, 9.17) is 0 Å². The van der Waals surface area contributed by atoms with Crippen molar-refractivity contribution in [2.45, 2.75) is 11.4 Å². The van der Waals surface area contributed by atoms with Gasteiger partial charge in [-0.2, -0.15) is 0 Å². The van der Waals surface area contributed by atoms with Crippen LogP contribution in [0.4, 0.5) is 5.69 Å². The molecule has 0 fully saturated rings. The Kier molecular flexibility index (Phi) is 3.53. The van der Waals surface area contributed by atoms with Gasteiger partial charge in [0.05, 0.1) is 17.3 Å². The predicted molar refractivity (Wildman–Crippen MR) is 107 cm³/mol. The average molecular weight is 342 g/mol. The van der Waals surface area contributed by atoms with Crippen molar-refractivity contribution in [3.63, 3.8) is 0 Å². The number of benzene rings is 3. The largest absolute Gasteiger partial charge is 0.357 e. The van der Waals surface area contributed by atoms with Crippen LogP contribution in [0.1, 0.15) is 5.56 Å². The molecule has 3 heteroatoms. The van der Waals surface area contributed by atoms with Gasteiger partial charge >= 0.3 is 0 Å². The molecule has 0 saturated heterocycles. The number of thioether (sulfide) groups is 1. The number of H-pyrrole nitrogens is 1. The van der Waals surface area contributed by atoms with Gasteiger partial charge in [0, 0.05) is 27.9 Å². The van der Waals surface area contributed by atoms with Crippen LogP contribution in [0.5, 0.6) is 0 Å². The van der Waals surface area contributed by atoms with E-state index in [0.29, 0.717) is 0 Å². The van der Waals surface area contributed by atoms with Crippen LogP contribution in [0.2, 0.25) is 0 Å². The molecule has 0 amide bonds. The predicted octanol–water partition coefficient (Wildman–Crippen LogP) is 5.90. The molecule has 0 unspecified atom stereocenters. The lowest BCUT2D eigenvalue weighted by Gasteiger charge is -2.19. The van der Waals surface area contributed by atoms with Gasteiger partial charge in [-0.15, -0.1) is 11.8 Å². The fourth-order valence-corrected chi connectivity index (χ4v) is 4.64. The molecule has 0 bridgehead atoms. The third kappa shape index (κ3) is 2.52. The third-order valence-corrected chi connectivity index (χ3v) is 5.90. The molecule has 1 aromatic heterocycles. The van der Waals surface area contributed by atoms with Gasteiger partial charge in [-0.3, -0.25) is 0 Å². The van der Waals surface area contributed by atoms with Crippen molar-refractivity contribution in [3.8, 4) is 11.3 Å². The Hall–Kier alpha value is -2.65. The topological polar surface area (TPSA) is 19.0 Å². The van der Waals surface area contributed by atoms with Crippen molar-refractivity contribution >= 4 is 28.4 Å². The minimum Gasteiger partial charge on any atom is -0.357 e. The molecule has 122 valence electrons. The van der Waals surface area contributed by atoms with Crippen LogP contribution in [0, 0.1) is 0 Å². The Morgan fingerprint density at radius 2 is 1.60 bits per heavy atom. The van der Waals surface area contributed by atoms with Crippen molar-refractivity contribution in [1.29, 1.82) is 0 Å². The highest BCUT2D eigenvalue weighted by Crippen LogP contribution is 2.40. The number of nitrogens with one attached hydrogen (secondary N) is 1. The number of aromatic amines is 1. The van der Waals surface area contributed by atoms with Crippen molar-refractivity contribution < 1.29 is 0 Å². The Bertz CT molecular complexity index is 1040. The zero-order valence-corrected chi connectivity index (χ0v) is 14.6. The standard InChI is InChI=1S/C22H18N2S/c1-2-8-16(9-3-1)22-18(17-10-4-5-11-19(17)23-22)14-24-15-25-21-13-7-6-12-20(21)24/h1-13,23H,14-15H2. The number of rotatable bonds is 3. The maximum atomic E-state index is 3.64. The van der Waals surface area contributed by atoms with Gasteiger partial charge in [-0.25, -0.2) is 0 Å². The lowest BCUT2D eigenvalue weighted by atomic mass is 10.0. The van der Waals surface area contributed by atoms with Gasteiger partial charge in [0.25, 0.3) is 0 Å². The fourth-order valence-electron chi connectivity index (χ4n) is 3.59. The molecule has 0 radical (unpaired) electrons. The second-order valence-corrected chi connectivity index (χ2v) is 7.32. The van der Waals surface area contributed by atoms with E-state index in [-0.39, 0.29) is 0 Å². The fraction of sp³-hybridized carbons (Fsp3) is 0.0909. The average Bonchev–Trinajstić information content (AvgIpc) is 3.25. The van der Waals surface area contributed by atoms with Gasteiger partial charge < -0.3 is 9.88 Å². The number of nitrogens with zero attached hydrogens (tertiary/aromatic N) is 1. The summed E-state index contributed by atoms with van der Waals surface area (Å²) in [7, 11) is 0. The van der Waals surface area contributed by atoms with Gasteiger partial charge in [0.2, 0.25) is 0 Å². The van der Waals surface area contributed by atoms with E-state index in [1.165, 1.54) is 38.3 Å². The summed E-state index contributed by atoms with van der Waals surface area (Å²) in [4.78, 5) is 7.50. The van der Waals surface area contributed by atoms with Crippen LogP contribution in [0.25, 0.3) is 22.2 Å². The summed E-state index contributed by atoms with van der Waals surface area (Å²) in [6, 6.07) is 27.9. The molecule has 0 saturated carbocycles. The first kappa shape index (κ1) is 14.7. The molecule has 1 aliphatic rings. The van der Waals surface area contributed by atoms with Crippen molar-refractivity contribution in [2.24, 2.45) is 0 Å². The number of hydrogen-bond donors (Lipinski definition) is 1. The Labute approximate surface area is 151 Å². The van der Waals surface area contributed by atoms with Crippen molar-refractivity contribution in [3.05, 3.63) is 84.4 Å². The van der Waals surface area contributed by atoms with Crippen LogP contribution in [-0.4, -0.2) is 10.9 Å². The summed E-state index contributed by atoms with van der Waals surface area (Å²) in [6.07, 6.45) is 0. The number of aromatic nitrogens is 1. The maximum absolute atomic E-state index is 3.64. The number of anilines is 1. The van der Waals surface area contributed by atoms with Crippen LogP contribution < -0.4 is 4.90 Å². The molecule has 3 aromatic carbocycles. The first-order chi connectivity index (χ1) is 12.4. The molecule has 0 aliphatic carbocycles. The van der Waals surface area contributed by atoms with E-state index in [0.717, 1.165) is 12.4 Å². The van der Waals surface area contributed by atoms with Crippen LogP contribution in [-0.2, 0) is 6.54 Å². The van der Waals surface area contributed by atoms with E-state index >= 15 is 0 Å².